The fourth-order valence-corrected chi connectivity index (χ4v) is 4.25. The summed E-state index contributed by atoms with van der Waals surface area (Å²) in [7, 11) is 1.57. The Morgan fingerprint density at radius 1 is 1.03 bits per heavy atom. The highest BCUT2D eigenvalue weighted by atomic mass is 35.5. The van der Waals surface area contributed by atoms with Gasteiger partial charge in [0, 0.05) is 15.6 Å². The number of amidine groups is 1. The number of ether oxygens (including phenoxy) is 2. The number of hydrogen-bond acceptors (Lipinski definition) is 5. The minimum absolute atomic E-state index is 0.198. The number of nitrogens with one attached hydrogen (secondary N) is 1. The predicted octanol–water partition coefficient (Wildman–Crippen LogP) is 6.47. The summed E-state index contributed by atoms with van der Waals surface area (Å²) in [4.78, 5) is 17.4. The summed E-state index contributed by atoms with van der Waals surface area (Å²) in [6.45, 7) is 0.246. The highest BCUT2D eigenvalue weighted by molar-refractivity contribution is 8.18. The van der Waals surface area contributed by atoms with Crippen LogP contribution in [0.1, 0.15) is 11.1 Å². The van der Waals surface area contributed by atoms with E-state index in [4.69, 9.17) is 32.7 Å². The first-order valence-electron chi connectivity index (χ1n) is 9.61. The van der Waals surface area contributed by atoms with Crippen molar-refractivity contribution in [1.82, 2.24) is 5.32 Å². The molecule has 3 aromatic carbocycles. The zero-order valence-electron chi connectivity index (χ0n) is 17.0. The molecule has 1 aliphatic heterocycles. The SMILES string of the molecule is COc1ccc(/C=C2\SC(=Nc3ccccc3)NC2=O)cc1OCc1ccc(Cl)cc1Cl. The van der Waals surface area contributed by atoms with Crippen molar-refractivity contribution < 1.29 is 14.3 Å². The summed E-state index contributed by atoms with van der Waals surface area (Å²) >= 11 is 13.5. The Hall–Kier alpha value is -2.93. The van der Waals surface area contributed by atoms with Crippen molar-refractivity contribution >= 4 is 57.8 Å². The first-order valence-corrected chi connectivity index (χ1v) is 11.2. The number of halogens is 2. The molecule has 5 nitrogen and oxygen atoms in total. The van der Waals surface area contributed by atoms with Crippen LogP contribution >= 0.6 is 35.0 Å². The van der Waals surface area contributed by atoms with E-state index >= 15 is 0 Å². The molecule has 162 valence electrons. The van der Waals surface area contributed by atoms with Gasteiger partial charge in [-0.25, -0.2) is 4.99 Å². The van der Waals surface area contributed by atoms with Crippen molar-refractivity contribution in [3.63, 3.8) is 0 Å². The van der Waals surface area contributed by atoms with Crippen LogP contribution in [0.2, 0.25) is 10.0 Å². The number of carbonyl (C=O) groups excluding carboxylic acids is 1. The van der Waals surface area contributed by atoms with E-state index in [1.165, 1.54) is 11.8 Å². The van der Waals surface area contributed by atoms with Gasteiger partial charge >= 0.3 is 0 Å². The molecule has 0 saturated carbocycles. The number of rotatable bonds is 6. The Morgan fingerprint density at radius 3 is 2.59 bits per heavy atom. The molecule has 0 aliphatic carbocycles. The fraction of sp³-hybridized carbons (Fsp3) is 0.0833. The van der Waals surface area contributed by atoms with Gasteiger partial charge in [-0.15, -0.1) is 0 Å². The van der Waals surface area contributed by atoms with Crippen LogP contribution in [0.4, 0.5) is 5.69 Å². The number of para-hydroxylation sites is 1. The van der Waals surface area contributed by atoms with Crippen molar-refractivity contribution in [2.45, 2.75) is 6.61 Å². The summed E-state index contributed by atoms with van der Waals surface area (Å²) in [6.07, 6.45) is 1.79. The van der Waals surface area contributed by atoms with Crippen LogP contribution in [0.15, 0.2) is 76.6 Å². The van der Waals surface area contributed by atoms with E-state index in [1.54, 1.807) is 31.4 Å². The third kappa shape index (κ3) is 5.46. The van der Waals surface area contributed by atoms with Crippen molar-refractivity contribution in [1.29, 1.82) is 0 Å². The molecule has 3 aromatic rings. The number of amides is 1. The first kappa shape index (κ1) is 22.3. The average Bonchev–Trinajstić information content (AvgIpc) is 3.12. The maximum atomic E-state index is 12.4. The van der Waals surface area contributed by atoms with Gasteiger partial charge < -0.3 is 14.8 Å². The molecule has 0 aromatic heterocycles. The molecule has 0 spiro atoms. The molecule has 4 rings (SSSR count). The van der Waals surface area contributed by atoms with Gasteiger partial charge in [0.1, 0.15) is 6.61 Å². The molecule has 1 aliphatic rings. The monoisotopic (exact) mass is 484 g/mol. The van der Waals surface area contributed by atoms with Crippen molar-refractivity contribution in [2.75, 3.05) is 7.11 Å². The number of aliphatic imine (C=N–C) groups is 1. The Balaban J connectivity index is 1.53. The zero-order chi connectivity index (χ0) is 22.5. The number of carbonyl (C=O) groups is 1. The molecule has 1 heterocycles. The first-order chi connectivity index (χ1) is 15.5. The summed E-state index contributed by atoms with van der Waals surface area (Å²) in [5, 5.41) is 4.42. The van der Waals surface area contributed by atoms with Crippen LogP contribution in [0.5, 0.6) is 11.5 Å². The lowest BCUT2D eigenvalue weighted by atomic mass is 10.2. The third-order valence-electron chi connectivity index (χ3n) is 4.52. The Kier molecular flexibility index (Phi) is 7.05. The lowest BCUT2D eigenvalue weighted by Crippen LogP contribution is -2.19. The van der Waals surface area contributed by atoms with Gasteiger partial charge in [0.05, 0.1) is 17.7 Å². The van der Waals surface area contributed by atoms with Gasteiger partial charge in [0.25, 0.3) is 5.91 Å². The molecule has 0 atom stereocenters. The standard InChI is InChI=1S/C24H18Cl2N2O3S/c1-30-20-10-7-15(11-21(20)31-14-16-8-9-17(25)13-19(16)26)12-22-23(29)28-24(32-22)27-18-5-3-2-4-6-18/h2-13H,14H2,1H3,(H,27,28,29)/b22-12-. The van der Waals surface area contributed by atoms with E-state index in [-0.39, 0.29) is 12.5 Å². The third-order valence-corrected chi connectivity index (χ3v) is 6.02. The summed E-state index contributed by atoms with van der Waals surface area (Å²) < 4.78 is 11.4. The lowest BCUT2D eigenvalue weighted by molar-refractivity contribution is -0.115. The van der Waals surface area contributed by atoms with Gasteiger partial charge in [-0.1, -0.05) is 53.5 Å². The maximum absolute atomic E-state index is 12.4. The summed E-state index contributed by atoms with van der Waals surface area (Å²) in [6, 6.07) is 20.2. The number of methoxy groups -OCH3 is 1. The van der Waals surface area contributed by atoms with Gasteiger partial charge in [-0.2, -0.15) is 0 Å². The van der Waals surface area contributed by atoms with E-state index in [0.29, 0.717) is 31.6 Å². The predicted molar refractivity (Wildman–Crippen MR) is 131 cm³/mol. The molecular formula is C24H18Cl2N2O3S. The number of benzene rings is 3. The second-order valence-electron chi connectivity index (χ2n) is 6.75. The molecule has 32 heavy (non-hydrogen) atoms. The number of nitrogens with zero attached hydrogens (tertiary/aromatic N) is 1. The zero-order valence-corrected chi connectivity index (χ0v) is 19.3. The minimum Gasteiger partial charge on any atom is -0.493 e. The minimum atomic E-state index is -0.198. The van der Waals surface area contributed by atoms with Crippen LogP contribution in [0, 0.1) is 0 Å². The highest BCUT2D eigenvalue weighted by Gasteiger charge is 2.24. The Bertz CT molecular complexity index is 1210. The lowest BCUT2D eigenvalue weighted by Gasteiger charge is -2.12. The van der Waals surface area contributed by atoms with Crippen molar-refractivity contribution in [2.24, 2.45) is 4.99 Å². The molecule has 8 heteroatoms. The van der Waals surface area contributed by atoms with Crippen molar-refractivity contribution in [3.05, 3.63) is 92.8 Å². The molecule has 0 radical (unpaired) electrons. The van der Waals surface area contributed by atoms with Gasteiger partial charge in [0.2, 0.25) is 0 Å². The fourth-order valence-electron chi connectivity index (χ4n) is 2.94. The van der Waals surface area contributed by atoms with E-state index in [2.05, 4.69) is 10.3 Å². The van der Waals surface area contributed by atoms with E-state index in [1.807, 2.05) is 48.5 Å². The normalized spacial score (nSPS) is 15.8. The Labute approximate surface area is 200 Å². The van der Waals surface area contributed by atoms with Crippen LogP contribution < -0.4 is 14.8 Å². The smallest absolute Gasteiger partial charge is 0.264 e. The van der Waals surface area contributed by atoms with Crippen LogP contribution in [-0.2, 0) is 11.4 Å². The summed E-state index contributed by atoms with van der Waals surface area (Å²) in [5.74, 6) is 0.914. The summed E-state index contributed by atoms with van der Waals surface area (Å²) in [5.41, 5.74) is 2.37. The number of thioether (sulfide) groups is 1. The van der Waals surface area contributed by atoms with Gasteiger partial charge in [0.15, 0.2) is 16.7 Å². The average molecular weight is 485 g/mol. The quantitative estimate of drug-likeness (QED) is 0.407. The second kappa shape index (κ2) is 10.1. The molecule has 1 saturated heterocycles. The molecule has 1 N–H and O–H groups in total. The van der Waals surface area contributed by atoms with E-state index in [9.17, 15) is 4.79 Å². The van der Waals surface area contributed by atoms with Gasteiger partial charge in [-0.05, 0) is 59.8 Å². The largest absolute Gasteiger partial charge is 0.493 e. The maximum Gasteiger partial charge on any atom is 0.264 e. The number of hydrogen-bond donors (Lipinski definition) is 1. The van der Waals surface area contributed by atoms with Gasteiger partial charge in [-0.3, -0.25) is 4.79 Å². The van der Waals surface area contributed by atoms with E-state index in [0.717, 1.165) is 16.8 Å². The molecule has 1 fully saturated rings. The van der Waals surface area contributed by atoms with Crippen LogP contribution in [0.25, 0.3) is 6.08 Å². The van der Waals surface area contributed by atoms with Crippen molar-refractivity contribution in [3.8, 4) is 11.5 Å². The highest BCUT2D eigenvalue weighted by Crippen LogP contribution is 2.33. The van der Waals surface area contributed by atoms with Crippen LogP contribution in [0.3, 0.4) is 0 Å². The van der Waals surface area contributed by atoms with E-state index < -0.39 is 0 Å². The topological polar surface area (TPSA) is 59.9 Å². The van der Waals surface area contributed by atoms with Crippen LogP contribution in [-0.4, -0.2) is 18.2 Å². The molecule has 1 amide bonds. The second-order valence-corrected chi connectivity index (χ2v) is 8.63. The molecule has 0 unspecified atom stereocenters. The molecule has 0 bridgehead atoms. The molecular weight excluding hydrogens is 467 g/mol. The Morgan fingerprint density at radius 2 is 1.84 bits per heavy atom.